The predicted molar refractivity (Wildman–Crippen MR) is 92.1 cm³/mol. The fourth-order valence-electron chi connectivity index (χ4n) is 2.02. The van der Waals surface area contributed by atoms with Gasteiger partial charge in [0.1, 0.15) is 0 Å². The van der Waals surface area contributed by atoms with E-state index in [0.717, 1.165) is 10.8 Å². The molecule has 1 atom stereocenters. The van der Waals surface area contributed by atoms with E-state index in [1.54, 1.807) is 18.2 Å². The Balaban J connectivity index is 1.98. The molecule has 23 heavy (non-hydrogen) atoms. The third-order valence-corrected chi connectivity index (χ3v) is 3.22. The third kappa shape index (κ3) is 4.81. The molecular weight excluding hydrogens is 290 g/mol. The van der Waals surface area contributed by atoms with E-state index in [1.807, 2.05) is 49.4 Å². The average Bonchev–Trinajstić information content (AvgIpc) is 2.55. The van der Waals surface area contributed by atoms with Crippen molar-refractivity contribution in [3.63, 3.8) is 0 Å². The van der Waals surface area contributed by atoms with E-state index >= 15 is 0 Å². The molecule has 4 heteroatoms. The summed E-state index contributed by atoms with van der Waals surface area (Å²) >= 11 is 0. The number of rotatable bonds is 5. The molecule has 0 aliphatic heterocycles. The van der Waals surface area contributed by atoms with Crippen LogP contribution in [-0.2, 0) is 14.3 Å². The minimum atomic E-state index is -0.871. The number of fused-ring (bicyclic) bond motifs is 1. The third-order valence-electron chi connectivity index (χ3n) is 3.22. The molecule has 2 rings (SSSR count). The molecule has 0 unspecified atom stereocenters. The highest BCUT2D eigenvalue weighted by Crippen LogP contribution is 2.19. The molecule has 0 aliphatic rings. The molecule has 0 heterocycles. The number of benzene rings is 2. The quantitative estimate of drug-likeness (QED) is 0.518. The zero-order valence-electron chi connectivity index (χ0n) is 13.2. The molecule has 0 saturated carbocycles. The van der Waals surface area contributed by atoms with Gasteiger partial charge in [0.05, 0.1) is 0 Å². The summed E-state index contributed by atoms with van der Waals surface area (Å²) in [5, 5.41) is 4.88. The van der Waals surface area contributed by atoms with Gasteiger partial charge in [0.2, 0.25) is 0 Å². The Morgan fingerprint density at radius 3 is 2.57 bits per heavy atom. The van der Waals surface area contributed by atoms with Gasteiger partial charge in [0, 0.05) is 11.8 Å². The molecular formula is C19H19NO3. The van der Waals surface area contributed by atoms with Crippen LogP contribution >= 0.6 is 0 Å². The van der Waals surface area contributed by atoms with E-state index in [-0.39, 0.29) is 5.91 Å². The minimum absolute atomic E-state index is 0.368. The Bertz CT molecular complexity index is 762. The van der Waals surface area contributed by atoms with Crippen molar-refractivity contribution in [2.24, 2.45) is 0 Å². The number of esters is 1. The lowest BCUT2D eigenvalue weighted by Gasteiger charge is -2.12. The molecule has 0 spiro atoms. The average molecular weight is 309 g/mol. The van der Waals surface area contributed by atoms with Crippen molar-refractivity contribution in [2.75, 3.05) is 5.32 Å². The zero-order chi connectivity index (χ0) is 16.7. The van der Waals surface area contributed by atoms with Crippen molar-refractivity contribution >= 4 is 28.3 Å². The second kappa shape index (κ2) is 7.94. The molecule has 2 aromatic carbocycles. The van der Waals surface area contributed by atoms with Crippen LogP contribution in [-0.4, -0.2) is 18.0 Å². The van der Waals surface area contributed by atoms with Gasteiger partial charge in [-0.2, -0.15) is 0 Å². The summed E-state index contributed by atoms with van der Waals surface area (Å²) in [6.45, 7) is 3.38. The fraction of sp³-hybridized carbons (Fsp3) is 0.158. The molecule has 0 aromatic heterocycles. The first kappa shape index (κ1) is 16.5. The normalized spacial score (nSPS) is 12.6. The summed E-state index contributed by atoms with van der Waals surface area (Å²) in [5.41, 5.74) is 0.668. The van der Waals surface area contributed by atoms with Crippen molar-refractivity contribution in [3.8, 4) is 0 Å². The Kier molecular flexibility index (Phi) is 5.69. The van der Waals surface area contributed by atoms with Gasteiger partial charge in [-0.1, -0.05) is 48.6 Å². The summed E-state index contributed by atoms with van der Waals surface area (Å²) in [4.78, 5) is 23.6. The van der Waals surface area contributed by atoms with E-state index in [0.29, 0.717) is 5.69 Å². The van der Waals surface area contributed by atoms with Crippen molar-refractivity contribution in [3.05, 3.63) is 66.8 Å². The van der Waals surface area contributed by atoms with Crippen LogP contribution in [0.4, 0.5) is 5.69 Å². The number of ether oxygens (including phenoxy) is 1. The van der Waals surface area contributed by atoms with Crippen LogP contribution in [0.25, 0.3) is 10.8 Å². The maximum Gasteiger partial charge on any atom is 0.331 e. The fourth-order valence-corrected chi connectivity index (χ4v) is 2.02. The minimum Gasteiger partial charge on any atom is -0.449 e. The van der Waals surface area contributed by atoms with Crippen molar-refractivity contribution < 1.29 is 14.3 Å². The highest BCUT2D eigenvalue weighted by Gasteiger charge is 2.16. The number of nitrogens with one attached hydrogen (secondary N) is 1. The van der Waals surface area contributed by atoms with Gasteiger partial charge in [-0.15, -0.1) is 0 Å². The maximum absolute atomic E-state index is 12.1. The van der Waals surface area contributed by atoms with Crippen molar-refractivity contribution in [1.29, 1.82) is 0 Å². The number of carbonyl (C=O) groups excluding carboxylic acids is 2. The number of carbonyl (C=O) groups is 2. The first-order valence-electron chi connectivity index (χ1n) is 7.40. The predicted octanol–water partition coefficient (Wildman–Crippen LogP) is 3.84. The Labute approximate surface area is 135 Å². The smallest absolute Gasteiger partial charge is 0.331 e. The molecule has 4 nitrogen and oxygen atoms in total. The lowest BCUT2D eigenvalue weighted by atomic mass is 10.1. The van der Waals surface area contributed by atoms with Crippen molar-refractivity contribution in [1.82, 2.24) is 0 Å². The number of anilines is 1. The topological polar surface area (TPSA) is 55.4 Å². The number of allylic oxidation sites excluding steroid dienone is 3. The van der Waals surface area contributed by atoms with E-state index in [4.69, 9.17) is 4.74 Å². The Morgan fingerprint density at radius 1 is 1.09 bits per heavy atom. The molecule has 0 aliphatic carbocycles. The van der Waals surface area contributed by atoms with Gasteiger partial charge in [-0.05, 0) is 36.8 Å². The maximum atomic E-state index is 12.1. The number of hydrogen-bond donors (Lipinski definition) is 1. The van der Waals surface area contributed by atoms with Crippen LogP contribution in [0.3, 0.4) is 0 Å². The van der Waals surface area contributed by atoms with E-state index in [1.165, 1.54) is 13.0 Å². The van der Waals surface area contributed by atoms with Crippen LogP contribution in [0.15, 0.2) is 66.8 Å². The molecule has 1 N–H and O–H groups in total. The van der Waals surface area contributed by atoms with Crippen molar-refractivity contribution in [2.45, 2.75) is 20.0 Å². The van der Waals surface area contributed by atoms with Crippen LogP contribution in [0.2, 0.25) is 0 Å². The van der Waals surface area contributed by atoms with Crippen LogP contribution in [0.1, 0.15) is 13.8 Å². The summed E-state index contributed by atoms with van der Waals surface area (Å²) in [5.74, 6) is -0.919. The SMILES string of the molecule is C/C=C/C=C/C(=O)O[C@@H](C)C(=O)Nc1ccc2ccccc2c1. The van der Waals surface area contributed by atoms with Gasteiger partial charge in [-0.25, -0.2) is 4.79 Å². The zero-order valence-corrected chi connectivity index (χ0v) is 13.2. The van der Waals surface area contributed by atoms with E-state index in [9.17, 15) is 9.59 Å². The molecule has 0 saturated heterocycles. The number of amides is 1. The number of hydrogen-bond acceptors (Lipinski definition) is 3. The van der Waals surface area contributed by atoms with E-state index in [2.05, 4.69) is 5.32 Å². The largest absolute Gasteiger partial charge is 0.449 e. The monoisotopic (exact) mass is 309 g/mol. The first-order chi connectivity index (χ1) is 11.1. The lowest BCUT2D eigenvalue weighted by Crippen LogP contribution is -2.29. The molecule has 118 valence electrons. The summed E-state index contributed by atoms with van der Waals surface area (Å²) in [6, 6.07) is 13.5. The second-order valence-electron chi connectivity index (χ2n) is 5.02. The summed E-state index contributed by atoms with van der Waals surface area (Å²) in [7, 11) is 0. The highest BCUT2D eigenvalue weighted by atomic mass is 16.5. The highest BCUT2D eigenvalue weighted by molar-refractivity contribution is 5.98. The molecule has 0 bridgehead atoms. The van der Waals surface area contributed by atoms with Crippen LogP contribution < -0.4 is 5.32 Å². The van der Waals surface area contributed by atoms with Gasteiger partial charge >= 0.3 is 5.97 Å². The molecule has 0 fully saturated rings. The van der Waals surface area contributed by atoms with Gasteiger partial charge < -0.3 is 10.1 Å². The van der Waals surface area contributed by atoms with Gasteiger partial charge in [0.25, 0.3) is 5.91 Å². The van der Waals surface area contributed by atoms with Gasteiger partial charge in [-0.3, -0.25) is 4.79 Å². The molecule has 0 radical (unpaired) electrons. The summed E-state index contributed by atoms with van der Waals surface area (Å²) in [6.07, 6.45) is 5.47. The van der Waals surface area contributed by atoms with Crippen LogP contribution in [0.5, 0.6) is 0 Å². The first-order valence-corrected chi connectivity index (χ1v) is 7.40. The summed E-state index contributed by atoms with van der Waals surface area (Å²) < 4.78 is 5.05. The lowest BCUT2D eigenvalue weighted by molar-refractivity contribution is -0.148. The molecule has 2 aromatic rings. The standard InChI is InChI=1S/C19H19NO3/c1-3-4-5-10-18(21)23-14(2)19(22)20-17-12-11-15-8-6-7-9-16(15)13-17/h3-14H,1-2H3,(H,20,22)/b4-3+,10-5+/t14-/m0/s1. The molecule has 1 amide bonds. The van der Waals surface area contributed by atoms with Crippen LogP contribution in [0, 0.1) is 0 Å². The Hall–Kier alpha value is -2.88. The Morgan fingerprint density at radius 2 is 1.83 bits per heavy atom. The van der Waals surface area contributed by atoms with Gasteiger partial charge in [0.15, 0.2) is 6.10 Å². The van der Waals surface area contributed by atoms with E-state index < -0.39 is 12.1 Å². The second-order valence-corrected chi connectivity index (χ2v) is 5.02.